The van der Waals surface area contributed by atoms with Crippen molar-refractivity contribution < 1.29 is 19.5 Å². The smallest absolute Gasteiger partial charge is 0.323 e. The number of carboxylic acid groups (broad SMARTS) is 1. The number of amides is 2. The molecule has 0 unspecified atom stereocenters. The van der Waals surface area contributed by atoms with Gasteiger partial charge in [-0.2, -0.15) is 0 Å². The summed E-state index contributed by atoms with van der Waals surface area (Å²) in [7, 11) is 0. The van der Waals surface area contributed by atoms with Crippen molar-refractivity contribution in [1.82, 2.24) is 9.80 Å². The molecule has 6 nitrogen and oxygen atoms in total. The van der Waals surface area contributed by atoms with Gasteiger partial charge in [-0.15, -0.1) is 0 Å². The molecule has 1 saturated heterocycles. The van der Waals surface area contributed by atoms with Gasteiger partial charge in [-0.1, -0.05) is 30.3 Å². The van der Waals surface area contributed by atoms with Crippen LogP contribution >= 0.6 is 0 Å². The van der Waals surface area contributed by atoms with Crippen molar-refractivity contribution in [2.24, 2.45) is 0 Å². The zero-order valence-electron chi connectivity index (χ0n) is 10.3. The Hall–Kier alpha value is -2.37. The van der Waals surface area contributed by atoms with E-state index in [9.17, 15) is 14.4 Å². The predicted octanol–water partition coefficient (Wildman–Crippen LogP) is -0.0580. The fraction of sp³-hybridized carbons (Fsp3) is 0.308. The van der Waals surface area contributed by atoms with Crippen LogP contribution in [0.1, 0.15) is 5.56 Å². The molecule has 2 rings (SSSR count). The van der Waals surface area contributed by atoms with E-state index in [1.54, 1.807) is 0 Å². The number of piperazine rings is 1. The largest absolute Gasteiger partial charge is 0.480 e. The summed E-state index contributed by atoms with van der Waals surface area (Å²) in [4.78, 5) is 36.7. The van der Waals surface area contributed by atoms with Crippen LogP contribution in [-0.4, -0.2) is 52.3 Å². The van der Waals surface area contributed by atoms with Crippen LogP contribution in [0.25, 0.3) is 0 Å². The average molecular weight is 262 g/mol. The van der Waals surface area contributed by atoms with Gasteiger partial charge < -0.3 is 14.9 Å². The van der Waals surface area contributed by atoms with Gasteiger partial charge in [0.15, 0.2) is 0 Å². The summed E-state index contributed by atoms with van der Waals surface area (Å²) in [5.74, 6) is -2.50. The van der Waals surface area contributed by atoms with Crippen LogP contribution in [-0.2, 0) is 20.9 Å². The van der Waals surface area contributed by atoms with E-state index in [4.69, 9.17) is 5.11 Å². The average Bonchev–Trinajstić information content (AvgIpc) is 2.39. The van der Waals surface area contributed by atoms with E-state index in [0.717, 1.165) is 10.5 Å². The number of carbonyl (C=O) groups excluding carboxylic acids is 2. The third kappa shape index (κ3) is 3.09. The molecule has 1 heterocycles. The van der Waals surface area contributed by atoms with E-state index in [-0.39, 0.29) is 6.54 Å². The summed E-state index contributed by atoms with van der Waals surface area (Å²) >= 11 is 0. The highest BCUT2D eigenvalue weighted by molar-refractivity contribution is 6.35. The maximum absolute atomic E-state index is 11.9. The molecular weight excluding hydrogens is 248 g/mol. The van der Waals surface area contributed by atoms with Crippen molar-refractivity contribution in [3.8, 4) is 0 Å². The Morgan fingerprint density at radius 3 is 2.26 bits per heavy atom. The summed E-state index contributed by atoms with van der Waals surface area (Å²) in [5, 5.41) is 8.65. The fourth-order valence-electron chi connectivity index (χ4n) is 1.98. The van der Waals surface area contributed by atoms with Gasteiger partial charge in [0.05, 0.1) is 0 Å². The van der Waals surface area contributed by atoms with Gasteiger partial charge >= 0.3 is 17.8 Å². The lowest BCUT2D eigenvalue weighted by Gasteiger charge is -2.32. The topological polar surface area (TPSA) is 77.9 Å². The van der Waals surface area contributed by atoms with Crippen molar-refractivity contribution in [2.75, 3.05) is 19.6 Å². The molecule has 1 aromatic rings. The van der Waals surface area contributed by atoms with Gasteiger partial charge in [0.1, 0.15) is 6.54 Å². The Kier molecular flexibility index (Phi) is 3.79. The van der Waals surface area contributed by atoms with Crippen molar-refractivity contribution in [3.63, 3.8) is 0 Å². The molecule has 19 heavy (non-hydrogen) atoms. The summed E-state index contributed by atoms with van der Waals surface area (Å²) in [5.41, 5.74) is 0.940. The van der Waals surface area contributed by atoms with E-state index >= 15 is 0 Å². The molecule has 0 saturated carbocycles. The predicted molar refractivity (Wildman–Crippen MR) is 66.1 cm³/mol. The summed E-state index contributed by atoms with van der Waals surface area (Å²) in [6.45, 7) is 0.548. The second-order valence-corrected chi connectivity index (χ2v) is 4.33. The van der Waals surface area contributed by atoms with Gasteiger partial charge in [-0.05, 0) is 5.56 Å². The molecule has 1 N–H and O–H groups in total. The number of carbonyl (C=O) groups is 3. The first-order chi connectivity index (χ1) is 9.08. The molecule has 0 aromatic heterocycles. The highest BCUT2D eigenvalue weighted by Gasteiger charge is 2.33. The number of carboxylic acids is 1. The lowest BCUT2D eigenvalue weighted by atomic mass is 10.2. The SMILES string of the molecule is O=C(O)CN1CCN(Cc2ccccc2)C(=O)C1=O. The first-order valence-corrected chi connectivity index (χ1v) is 5.92. The molecule has 0 aliphatic carbocycles. The second kappa shape index (κ2) is 5.51. The van der Waals surface area contributed by atoms with Crippen molar-refractivity contribution in [3.05, 3.63) is 35.9 Å². The van der Waals surface area contributed by atoms with E-state index in [1.807, 2.05) is 30.3 Å². The number of benzene rings is 1. The maximum Gasteiger partial charge on any atom is 0.323 e. The number of rotatable bonds is 4. The van der Waals surface area contributed by atoms with Gasteiger partial charge in [-0.25, -0.2) is 0 Å². The molecule has 1 aromatic carbocycles. The van der Waals surface area contributed by atoms with Crippen LogP contribution < -0.4 is 0 Å². The molecule has 100 valence electrons. The molecule has 0 atom stereocenters. The normalized spacial score (nSPS) is 15.8. The minimum atomic E-state index is -1.11. The first-order valence-electron chi connectivity index (χ1n) is 5.92. The Labute approximate surface area is 110 Å². The Balaban J connectivity index is 2.01. The third-order valence-electron chi connectivity index (χ3n) is 2.94. The number of nitrogens with zero attached hydrogens (tertiary/aromatic N) is 2. The molecule has 1 aliphatic rings. The number of hydrogen-bond donors (Lipinski definition) is 1. The first kappa shape index (κ1) is 13.1. The monoisotopic (exact) mass is 262 g/mol. The molecule has 0 bridgehead atoms. The van der Waals surface area contributed by atoms with E-state index in [1.165, 1.54) is 4.90 Å². The van der Waals surface area contributed by atoms with Crippen LogP contribution in [0.15, 0.2) is 30.3 Å². The minimum Gasteiger partial charge on any atom is -0.480 e. The maximum atomic E-state index is 11.9. The Morgan fingerprint density at radius 2 is 1.63 bits per heavy atom. The standard InChI is InChI=1S/C13H14N2O4/c16-11(17)9-15-7-6-14(12(18)13(15)19)8-10-4-2-1-3-5-10/h1-5H,6-9H2,(H,16,17). The summed E-state index contributed by atoms with van der Waals surface area (Å²) in [6.07, 6.45) is 0. The molecule has 6 heteroatoms. The van der Waals surface area contributed by atoms with Gasteiger partial charge in [0.2, 0.25) is 0 Å². The van der Waals surface area contributed by atoms with E-state index in [0.29, 0.717) is 13.1 Å². The number of aliphatic carboxylic acids is 1. The Bertz CT molecular complexity index is 501. The van der Waals surface area contributed by atoms with Crippen LogP contribution in [0, 0.1) is 0 Å². The highest BCUT2D eigenvalue weighted by Crippen LogP contribution is 2.10. The zero-order chi connectivity index (χ0) is 13.8. The fourth-order valence-corrected chi connectivity index (χ4v) is 1.98. The van der Waals surface area contributed by atoms with Gasteiger partial charge in [-0.3, -0.25) is 14.4 Å². The van der Waals surface area contributed by atoms with Crippen LogP contribution in [0.2, 0.25) is 0 Å². The minimum absolute atomic E-state index is 0.254. The molecule has 0 spiro atoms. The third-order valence-corrected chi connectivity index (χ3v) is 2.94. The van der Waals surface area contributed by atoms with E-state index < -0.39 is 24.3 Å². The second-order valence-electron chi connectivity index (χ2n) is 4.33. The van der Waals surface area contributed by atoms with Crippen molar-refractivity contribution in [2.45, 2.75) is 6.54 Å². The van der Waals surface area contributed by atoms with Crippen molar-refractivity contribution in [1.29, 1.82) is 0 Å². The molecular formula is C13H14N2O4. The van der Waals surface area contributed by atoms with Gasteiger partial charge in [0, 0.05) is 19.6 Å². The van der Waals surface area contributed by atoms with Crippen LogP contribution in [0.5, 0.6) is 0 Å². The summed E-state index contributed by atoms with van der Waals surface area (Å²) < 4.78 is 0. The lowest BCUT2D eigenvalue weighted by molar-refractivity contribution is -0.159. The van der Waals surface area contributed by atoms with Gasteiger partial charge in [0.25, 0.3) is 0 Å². The zero-order valence-corrected chi connectivity index (χ0v) is 10.3. The highest BCUT2D eigenvalue weighted by atomic mass is 16.4. The Morgan fingerprint density at radius 1 is 1.05 bits per heavy atom. The van der Waals surface area contributed by atoms with Crippen molar-refractivity contribution >= 4 is 17.8 Å². The van der Waals surface area contributed by atoms with E-state index in [2.05, 4.69) is 0 Å². The molecule has 0 radical (unpaired) electrons. The number of hydrogen-bond acceptors (Lipinski definition) is 3. The molecule has 2 amide bonds. The van der Waals surface area contributed by atoms with Crippen LogP contribution in [0.3, 0.4) is 0 Å². The molecule has 1 aliphatic heterocycles. The molecule has 1 fully saturated rings. The quantitative estimate of drug-likeness (QED) is 0.771. The summed E-state index contributed by atoms with van der Waals surface area (Å²) in [6, 6.07) is 9.36. The lowest BCUT2D eigenvalue weighted by Crippen LogP contribution is -2.54. The van der Waals surface area contributed by atoms with Crippen LogP contribution in [0.4, 0.5) is 0 Å².